The zero-order chi connectivity index (χ0) is 26.3. The summed E-state index contributed by atoms with van der Waals surface area (Å²) in [5, 5.41) is 15.8. The van der Waals surface area contributed by atoms with Crippen LogP contribution in [0.3, 0.4) is 0 Å². The van der Waals surface area contributed by atoms with E-state index in [0.29, 0.717) is 29.3 Å². The van der Waals surface area contributed by atoms with Crippen LogP contribution in [0, 0.1) is 11.7 Å². The van der Waals surface area contributed by atoms with Gasteiger partial charge in [0, 0.05) is 50.9 Å². The molecule has 0 amide bonds. The molecule has 192 valence electrons. The summed E-state index contributed by atoms with van der Waals surface area (Å²) in [6.07, 6.45) is 6.54. The average Bonchev–Trinajstić information content (AvgIpc) is 2.80. The Morgan fingerprint density at radius 1 is 1.17 bits per heavy atom. The summed E-state index contributed by atoms with van der Waals surface area (Å²) in [6.45, 7) is 9.76. The maximum atomic E-state index is 13.8. The monoisotopic (exact) mass is 512 g/mol. The van der Waals surface area contributed by atoms with Crippen molar-refractivity contribution >= 4 is 23.2 Å². The molecular weight excluding hydrogens is 479 g/mol. The summed E-state index contributed by atoms with van der Waals surface area (Å²) in [5.41, 5.74) is 2.07. The minimum absolute atomic E-state index is 0.105. The fourth-order valence-electron chi connectivity index (χ4n) is 5.84. The van der Waals surface area contributed by atoms with E-state index in [2.05, 4.69) is 38.0 Å². The van der Waals surface area contributed by atoms with Crippen LogP contribution in [0.25, 0.3) is 0 Å². The lowest BCUT2D eigenvalue weighted by molar-refractivity contribution is -0.251. The van der Waals surface area contributed by atoms with Crippen LogP contribution in [0.5, 0.6) is 0 Å². The van der Waals surface area contributed by atoms with E-state index in [1.165, 1.54) is 24.1 Å². The van der Waals surface area contributed by atoms with E-state index in [4.69, 9.17) is 16.6 Å². The lowest BCUT2D eigenvalue weighted by Gasteiger charge is -2.51. The quantitative estimate of drug-likeness (QED) is 0.478. The van der Waals surface area contributed by atoms with Gasteiger partial charge in [-0.25, -0.2) is 4.39 Å². The number of amidine groups is 1. The van der Waals surface area contributed by atoms with Crippen molar-refractivity contribution in [1.82, 2.24) is 15.4 Å². The van der Waals surface area contributed by atoms with Gasteiger partial charge in [-0.05, 0) is 90.5 Å². The summed E-state index contributed by atoms with van der Waals surface area (Å²) in [6, 6.07) is 7.26. The number of aliphatic imine (C=N–C) groups is 1. The summed E-state index contributed by atoms with van der Waals surface area (Å²) in [4.78, 5) is 21.9. The van der Waals surface area contributed by atoms with Crippen molar-refractivity contribution in [2.45, 2.75) is 77.4 Å². The minimum atomic E-state index is -0.651. The van der Waals surface area contributed by atoms with Gasteiger partial charge in [-0.1, -0.05) is 17.7 Å². The Morgan fingerprint density at radius 2 is 1.81 bits per heavy atom. The number of nitrogens with one attached hydrogen (secondary N) is 1. The average molecular weight is 513 g/mol. The highest BCUT2D eigenvalue weighted by Crippen LogP contribution is 2.43. The van der Waals surface area contributed by atoms with Crippen molar-refractivity contribution < 1.29 is 14.4 Å². The van der Waals surface area contributed by atoms with Crippen LogP contribution in [0.2, 0.25) is 5.02 Å². The van der Waals surface area contributed by atoms with E-state index in [9.17, 15) is 14.4 Å². The molecule has 0 aliphatic carbocycles. The Kier molecular flexibility index (Phi) is 7.37. The van der Waals surface area contributed by atoms with Crippen molar-refractivity contribution in [3.8, 4) is 0 Å². The van der Waals surface area contributed by atoms with Gasteiger partial charge in [-0.3, -0.25) is 14.8 Å². The van der Waals surface area contributed by atoms with Crippen LogP contribution in [0.1, 0.15) is 77.5 Å². The van der Waals surface area contributed by atoms with Crippen LogP contribution in [0.4, 0.5) is 4.39 Å². The molecule has 0 spiro atoms. The lowest BCUT2D eigenvalue weighted by atomic mass is 9.73. The number of pyridine rings is 1. The number of benzene rings is 1. The van der Waals surface area contributed by atoms with Gasteiger partial charge in [0.15, 0.2) is 5.78 Å². The molecule has 0 bridgehead atoms. The number of allylic oxidation sites excluding steroid dienone is 1. The van der Waals surface area contributed by atoms with E-state index >= 15 is 0 Å². The van der Waals surface area contributed by atoms with Crippen LogP contribution < -0.4 is 5.32 Å². The Bertz CT molecular complexity index is 1190. The SMILES string of the molecule is CC(=O)C1=C(CCC2CC(C)(C)N(O)C(C)(C)C2)NC(c2ccncc2)=NC1c1ccc(F)cc1Cl. The normalized spacial score (nSPS) is 22.2. The predicted octanol–water partition coefficient (Wildman–Crippen LogP) is 6.25. The van der Waals surface area contributed by atoms with Gasteiger partial charge in [0.1, 0.15) is 17.7 Å². The Hall–Kier alpha value is -2.61. The van der Waals surface area contributed by atoms with Gasteiger partial charge >= 0.3 is 0 Å². The number of hydrogen-bond acceptors (Lipinski definition) is 6. The zero-order valence-electron chi connectivity index (χ0n) is 21.5. The first-order valence-electron chi connectivity index (χ1n) is 12.3. The molecular formula is C28H34ClFN4O2. The fourth-order valence-corrected chi connectivity index (χ4v) is 6.11. The van der Waals surface area contributed by atoms with E-state index in [-0.39, 0.29) is 21.9 Å². The number of nitrogens with zero attached hydrogens (tertiary/aromatic N) is 3. The number of carbonyl (C=O) groups excluding carboxylic acids is 1. The second-order valence-corrected chi connectivity index (χ2v) is 11.5. The molecule has 4 rings (SSSR count). The van der Waals surface area contributed by atoms with Gasteiger partial charge in [0.25, 0.3) is 0 Å². The smallest absolute Gasteiger partial charge is 0.160 e. The number of ketones is 1. The van der Waals surface area contributed by atoms with Gasteiger partial charge in [-0.15, -0.1) is 0 Å². The lowest BCUT2D eigenvalue weighted by Crippen LogP contribution is -2.58. The van der Waals surface area contributed by atoms with E-state index < -0.39 is 11.9 Å². The van der Waals surface area contributed by atoms with Crippen LogP contribution >= 0.6 is 11.6 Å². The molecule has 0 radical (unpaired) electrons. The Balaban J connectivity index is 1.71. The third-order valence-corrected chi connectivity index (χ3v) is 7.57. The number of hydrogen-bond donors (Lipinski definition) is 2. The second-order valence-electron chi connectivity index (χ2n) is 11.1. The van der Waals surface area contributed by atoms with Gasteiger partial charge in [-0.2, -0.15) is 5.06 Å². The number of halogens is 2. The standard InChI is InChI=1S/C28H34ClFN4O2/c1-17(35)24-23(9-6-18-15-27(2,3)34(36)28(4,5)16-18)32-26(19-10-12-31-13-11-19)33-25(24)21-8-7-20(30)14-22(21)29/h7-8,10-14,18,25,36H,6,9,15-16H2,1-5H3,(H,32,33). The molecule has 1 atom stereocenters. The van der Waals surface area contributed by atoms with E-state index in [1.54, 1.807) is 18.5 Å². The van der Waals surface area contributed by atoms with Crippen LogP contribution in [-0.2, 0) is 4.79 Å². The van der Waals surface area contributed by atoms with Crippen molar-refractivity contribution in [2.24, 2.45) is 10.9 Å². The molecule has 3 heterocycles. The summed E-state index contributed by atoms with van der Waals surface area (Å²) < 4.78 is 13.8. The maximum Gasteiger partial charge on any atom is 0.160 e. The third-order valence-electron chi connectivity index (χ3n) is 7.24. The first-order valence-corrected chi connectivity index (χ1v) is 12.7. The molecule has 1 aromatic carbocycles. The largest absolute Gasteiger partial charge is 0.343 e. The summed E-state index contributed by atoms with van der Waals surface area (Å²) in [7, 11) is 0. The molecule has 36 heavy (non-hydrogen) atoms. The number of Topliss-reactive ketones (excluding diaryl/α,β-unsaturated/α-hetero) is 1. The van der Waals surface area contributed by atoms with E-state index in [0.717, 1.165) is 30.5 Å². The van der Waals surface area contributed by atoms with E-state index in [1.807, 2.05) is 12.1 Å². The number of hydroxylamine groups is 2. The Morgan fingerprint density at radius 3 is 2.39 bits per heavy atom. The van der Waals surface area contributed by atoms with Crippen molar-refractivity contribution in [2.75, 3.05) is 0 Å². The molecule has 1 aromatic heterocycles. The molecule has 1 fully saturated rings. The maximum absolute atomic E-state index is 13.8. The van der Waals surface area contributed by atoms with Crippen molar-refractivity contribution in [1.29, 1.82) is 0 Å². The highest BCUT2D eigenvalue weighted by atomic mass is 35.5. The number of aromatic nitrogens is 1. The molecule has 2 aromatic rings. The van der Waals surface area contributed by atoms with Gasteiger partial charge < -0.3 is 10.5 Å². The number of rotatable bonds is 6. The molecule has 2 aliphatic rings. The molecule has 1 unspecified atom stereocenters. The van der Waals surface area contributed by atoms with Crippen molar-refractivity contribution in [3.05, 3.63) is 76.0 Å². The first kappa shape index (κ1) is 26.5. The summed E-state index contributed by atoms with van der Waals surface area (Å²) >= 11 is 6.45. The topological polar surface area (TPSA) is 77.8 Å². The predicted molar refractivity (Wildman–Crippen MR) is 140 cm³/mol. The highest BCUT2D eigenvalue weighted by Gasteiger charge is 2.45. The molecule has 2 aliphatic heterocycles. The molecule has 2 N–H and O–H groups in total. The van der Waals surface area contributed by atoms with Crippen molar-refractivity contribution in [3.63, 3.8) is 0 Å². The molecule has 8 heteroatoms. The Labute approximate surface area is 217 Å². The molecule has 1 saturated heterocycles. The third kappa shape index (κ3) is 5.38. The highest BCUT2D eigenvalue weighted by molar-refractivity contribution is 6.31. The molecule has 0 saturated carbocycles. The first-order chi connectivity index (χ1) is 16.9. The van der Waals surface area contributed by atoms with Gasteiger partial charge in [0.05, 0.1) is 0 Å². The fraction of sp³-hybridized carbons (Fsp3) is 0.464. The van der Waals surface area contributed by atoms with Crippen LogP contribution in [0.15, 0.2) is 59.0 Å². The number of piperidine rings is 1. The summed E-state index contributed by atoms with van der Waals surface area (Å²) in [5.74, 6) is 0.432. The number of carbonyl (C=O) groups is 1. The zero-order valence-corrected chi connectivity index (χ0v) is 22.2. The minimum Gasteiger partial charge on any atom is -0.343 e. The molecule has 6 nitrogen and oxygen atoms in total. The second kappa shape index (κ2) is 10.0. The van der Waals surface area contributed by atoms with Crippen LogP contribution in [-0.4, -0.2) is 38.0 Å². The van der Waals surface area contributed by atoms with Gasteiger partial charge in [0.2, 0.25) is 0 Å².